The van der Waals surface area contributed by atoms with Crippen LogP contribution in [0.4, 0.5) is 0 Å². The van der Waals surface area contributed by atoms with Crippen LogP contribution in [0.5, 0.6) is 5.75 Å². The van der Waals surface area contributed by atoms with E-state index >= 15 is 0 Å². The standard InChI is InChI=1S/C26H25BrN2O4S/c1-5-19-22(25(31)32-4)23(17-9-7-6-8-10-17)29-24(30)21(34-26(29)28-19)14-16-11-12-20(18(27)13-16)33-15(2)3/h6-15,23H,5H2,1-4H3/b21-14+/t23-/m1/s1. The summed E-state index contributed by atoms with van der Waals surface area (Å²) in [5.74, 6) is 0.265. The molecule has 176 valence electrons. The third-order valence-electron chi connectivity index (χ3n) is 5.38. The number of carbonyl (C=O) groups is 1. The molecule has 1 atom stereocenters. The maximum absolute atomic E-state index is 13.6. The van der Waals surface area contributed by atoms with Crippen LogP contribution in [0.25, 0.3) is 6.08 Å². The first kappa shape index (κ1) is 24.2. The number of esters is 1. The van der Waals surface area contributed by atoms with Crippen molar-refractivity contribution >= 4 is 39.3 Å². The van der Waals surface area contributed by atoms with Gasteiger partial charge in [-0.2, -0.15) is 0 Å². The summed E-state index contributed by atoms with van der Waals surface area (Å²) < 4.78 is 13.8. The molecule has 1 aliphatic heterocycles. The van der Waals surface area contributed by atoms with Crippen LogP contribution < -0.4 is 19.6 Å². The van der Waals surface area contributed by atoms with Crippen molar-refractivity contribution in [2.45, 2.75) is 39.3 Å². The molecule has 0 spiro atoms. The highest BCUT2D eigenvalue weighted by Gasteiger charge is 2.33. The number of fused-ring (bicyclic) bond motifs is 1. The van der Waals surface area contributed by atoms with E-state index in [-0.39, 0.29) is 11.7 Å². The molecule has 0 bridgehead atoms. The lowest BCUT2D eigenvalue weighted by molar-refractivity contribution is -0.136. The van der Waals surface area contributed by atoms with Gasteiger partial charge in [0.25, 0.3) is 5.56 Å². The SMILES string of the molecule is CCC1=C(C(=O)OC)[C@@H](c2ccccc2)n2c(s/c(=C/c3ccc(OC(C)C)c(Br)c3)c2=O)=N1. The molecule has 6 nitrogen and oxygen atoms in total. The molecule has 2 aromatic carbocycles. The van der Waals surface area contributed by atoms with Crippen LogP contribution in [0.2, 0.25) is 0 Å². The zero-order chi connectivity index (χ0) is 24.4. The maximum atomic E-state index is 13.6. The van der Waals surface area contributed by atoms with E-state index in [1.807, 2.05) is 75.4 Å². The zero-order valence-corrected chi connectivity index (χ0v) is 21.8. The summed E-state index contributed by atoms with van der Waals surface area (Å²) in [5.41, 5.74) is 2.51. The minimum atomic E-state index is -0.601. The second-order valence-electron chi connectivity index (χ2n) is 8.06. The minimum Gasteiger partial charge on any atom is -0.490 e. The van der Waals surface area contributed by atoms with Gasteiger partial charge in [0.15, 0.2) is 4.80 Å². The Labute approximate surface area is 210 Å². The fraction of sp³-hybridized carbons (Fsp3) is 0.269. The Hall–Kier alpha value is -2.97. The largest absolute Gasteiger partial charge is 0.490 e. The number of methoxy groups -OCH3 is 1. The van der Waals surface area contributed by atoms with Gasteiger partial charge in [0, 0.05) is 0 Å². The summed E-state index contributed by atoms with van der Waals surface area (Å²) in [6, 6.07) is 14.6. The van der Waals surface area contributed by atoms with Gasteiger partial charge in [0.05, 0.1) is 39.5 Å². The van der Waals surface area contributed by atoms with Gasteiger partial charge >= 0.3 is 5.97 Å². The van der Waals surface area contributed by atoms with Gasteiger partial charge in [0.1, 0.15) is 5.75 Å². The molecule has 1 aliphatic rings. The van der Waals surface area contributed by atoms with Crippen molar-refractivity contribution in [3.05, 3.63) is 95.1 Å². The van der Waals surface area contributed by atoms with E-state index in [0.717, 1.165) is 21.3 Å². The first-order chi connectivity index (χ1) is 16.3. The van der Waals surface area contributed by atoms with Crippen LogP contribution in [-0.2, 0) is 9.53 Å². The number of halogens is 1. The predicted molar refractivity (Wildman–Crippen MR) is 137 cm³/mol. The summed E-state index contributed by atoms with van der Waals surface area (Å²) in [6.07, 6.45) is 2.44. The van der Waals surface area contributed by atoms with E-state index in [1.165, 1.54) is 18.4 Å². The zero-order valence-electron chi connectivity index (χ0n) is 19.4. The van der Waals surface area contributed by atoms with Gasteiger partial charge in [-0.3, -0.25) is 9.36 Å². The summed E-state index contributed by atoms with van der Waals surface area (Å²) in [6.45, 7) is 5.88. The second kappa shape index (κ2) is 10.1. The van der Waals surface area contributed by atoms with Crippen LogP contribution in [0.3, 0.4) is 0 Å². The molecular formula is C26H25BrN2O4S. The van der Waals surface area contributed by atoms with Crippen molar-refractivity contribution < 1.29 is 14.3 Å². The fourth-order valence-electron chi connectivity index (χ4n) is 3.92. The average molecular weight is 541 g/mol. The van der Waals surface area contributed by atoms with Gasteiger partial charge in [-0.1, -0.05) is 54.7 Å². The molecule has 0 amide bonds. The molecule has 34 heavy (non-hydrogen) atoms. The van der Waals surface area contributed by atoms with E-state index in [0.29, 0.717) is 27.0 Å². The number of benzene rings is 2. The molecule has 0 N–H and O–H groups in total. The molecule has 0 unspecified atom stereocenters. The van der Waals surface area contributed by atoms with Crippen LogP contribution in [-0.4, -0.2) is 23.8 Å². The lowest BCUT2D eigenvalue weighted by Crippen LogP contribution is -2.40. The summed E-state index contributed by atoms with van der Waals surface area (Å²) in [5, 5.41) is 0. The Morgan fingerprint density at radius 3 is 2.59 bits per heavy atom. The van der Waals surface area contributed by atoms with Gasteiger partial charge in [0.2, 0.25) is 0 Å². The number of hydrogen-bond donors (Lipinski definition) is 0. The minimum absolute atomic E-state index is 0.0561. The number of ether oxygens (including phenoxy) is 2. The highest BCUT2D eigenvalue weighted by Crippen LogP contribution is 2.32. The molecular weight excluding hydrogens is 516 g/mol. The number of aromatic nitrogens is 1. The Morgan fingerprint density at radius 2 is 1.97 bits per heavy atom. The number of carbonyl (C=O) groups excluding carboxylic acids is 1. The van der Waals surface area contributed by atoms with Crippen molar-refractivity contribution in [1.29, 1.82) is 0 Å². The Balaban J connectivity index is 1.90. The first-order valence-electron chi connectivity index (χ1n) is 11.0. The van der Waals surface area contributed by atoms with Crippen LogP contribution in [0, 0.1) is 0 Å². The van der Waals surface area contributed by atoms with Gasteiger partial charge < -0.3 is 9.47 Å². The Kier molecular flexibility index (Phi) is 7.19. The van der Waals surface area contributed by atoms with Crippen molar-refractivity contribution in [2.75, 3.05) is 7.11 Å². The molecule has 4 rings (SSSR count). The number of thiazole rings is 1. The van der Waals surface area contributed by atoms with Gasteiger partial charge in [-0.25, -0.2) is 9.79 Å². The van der Waals surface area contributed by atoms with Crippen molar-refractivity contribution in [2.24, 2.45) is 4.99 Å². The third-order valence-corrected chi connectivity index (χ3v) is 6.98. The van der Waals surface area contributed by atoms with E-state index in [9.17, 15) is 9.59 Å². The van der Waals surface area contributed by atoms with Crippen LogP contribution in [0.15, 0.2) is 74.1 Å². The normalized spacial score (nSPS) is 15.8. The Morgan fingerprint density at radius 1 is 1.24 bits per heavy atom. The molecule has 0 saturated carbocycles. The molecule has 2 heterocycles. The first-order valence-corrected chi connectivity index (χ1v) is 12.6. The van der Waals surface area contributed by atoms with Crippen molar-refractivity contribution in [3.8, 4) is 5.75 Å². The van der Waals surface area contributed by atoms with E-state index in [4.69, 9.17) is 9.47 Å². The number of hydrogen-bond acceptors (Lipinski definition) is 6. The van der Waals surface area contributed by atoms with E-state index in [1.54, 1.807) is 4.57 Å². The molecule has 0 fully saturated rings. The van der Waals surface area contributed by atoms with E-state index in [2.05, 4.69) is 20.9 Å². The van der Waals surface area contributed by atoms with Crippen LogP contribution >= 0.6 is 27.3 Å². The lowest BCUT2D eigenvalue weighted by Gasteiger charge is -2.25. The summed E-state index contributed by atoms with van der Waals surface area (Å²) >= 11 is 4.86. The maximum Gasteiger partial charge on any atom is 0.338 e. The molecule has 0 radical (unpaired) electrons. The number of rotatable bonds is 6. The quantitative estimate of drug-likeness (QED) is 0.436. The second-order valence-corrected chi connectivity index (χ2v) is 9.92. The van der Waals surface area contributed by atoms with Crippen LogP contribution in [0.1, 0.15) is 44.4 Å². The van der Waals surface area contributed by atoms with Gasteiger partial charge in [-0.15, -0.1) is 0 Å². The van der Waals surface area contributed by atoms with Gasteiger partial charge in [-0.05, 0) is 65.5 Å². The molecule has 0 saturated heterocycles. The summed E-state index contributed by atoms with van der Waals surface area (Å²) in [4.78, 5) is 31.7. The number of allylic oxidation sites excluding steroid dienone is 1. The lowest BCUT2D eigenvalue weighted by atomic mass is 9.95. The van der Waals surface area contributed by atoms with Crippen molar-refractivity contribution in [3.63, 3.8) is 0 Å². The molecule has 1 aromatic heterocycles. The highest BCUT2D eigenvalue weighted by atomic mass is 79.9. The van der Waals surface area contributed by atoms with E-state index < -0.39 is 12.0 Å². The smallest absolute Gasteiger partial charge is 0.338 e. The average Bonchev–Trinajstić information content (AvgIpc) is 3.14. The molecule has 8 heteroatoms. The predicted octanol–water partition coefficient (Wildman–Crippen LogP) is 4.35. The molecule has 3 aromatic rings. The molecule has 0 aliphatic carbocycles. The third kappa shape index (κ3) is 4.65. The summed E-state index contributed by atoms with van der Waals surface area (Å²) in [7, 11) is 1.35. The Bertz CT molecular complexity index is 1440. The highest BCUT2D eigenvalue weighted by molar-refractivity contribution is 9.10. The monoisotopic (exact) mass is 540 g/mol. The number of nitrogens with zero attached hydrogens (tertiary/aromatic N) is 2. The van der Waals surface area contributed by atoms with Crippen molar-refractivity contribution in [1.82, 2.24) is 4.57 Å². The fourth-order valence-corrected chi connectivity index (χ4v) is 5.43. The topological polar surface area (TPSA) is 69.9 Å².